The zero-order valence-corrected chi connectivity index (χ0v) is 10.5. The van der Waals surface area contributed by atoms with Crippen molar-refractivity contribution in [3.05, 3.63) is 29.3 Å². The molecule has 7 heteroatoms. The van der Waals surface area contributed by atoms with Crippen LogP contribution in [0.2, 0.25) is 5.02 Å². The van der Waals surface area contributed by atoms with Gasteiger partial charge in [0.15, 0.2) is 0 Å². The molecular formula is C10H8ClN5S. The smallest absolute Gasteiger partial charge is 0.197 e. The molecule has 17 heavy (non-hydrogen) atoms. The minimum absolute atomic E-state index is 0.202. The molecule has 0 aliphatic heterocycles. The Bertz CT molecular complexity index is 545. The third kappa shape index (κ3) is 2.75. The molecule has 0 bridgehead atoms. The van der Waals surface area contributed by atoms with E-state index in [-0.39, 0.29) is 5.25 Å². The number of aromatic nitrogens is 4. The molecule has 0 amide bonds. The number of tetrazole rings is 1. The standard InChI is InChI=1S/C10H8ClN5S/c1-7(6-12)17-10-13-14-15-16(10)9-4-2-8(11)3-5-9/h2-5,7H,1H3/t7-/m0/s1. The normalized spacial score (nSPS) is 12.1. The number of rotatable bonds is 3. The van der Waals surface area contributed by atoms with Gasteiger partial charge >= 0.3 is 0 Å². The molecule has 0 spiro atoms. The van der Waals surface area contributed by atoms with E-state index in [1.165, 1.54) is 11.8 Å². The van der Waals surface area contributed by atoms with Gasteiger partial charge in [-0.1, -0.05) is 23.4 Å². The summed E-state index contributed by atoms with van der Waals surface area (Å²) >= 11 is 7.12. The van der Waals surface area contributed by atoms with E-state index in [2.05, 4.69) is 21.6 Å². The maximum Gasteiger partial charge on any atom is 0.215 e. The molecule has 0 N–H and O–H groups in total. The summed E-state index contributed by atoms with van der Waals surface area (Å²) in [6.45, 7) is 1.80. The number of benzene rings is 1. The van der Waals surface area contributed by atoms with E-state index in [9.17, 15) is 0 Å². The second-order valence-corrected chi connectivity index (χ2v) is 4.98. The molecule has 2 rings (SSSR count). The Labute approximate surface area is 107 Å². The summed E-state index contributed by atoms with van der Waals surface area (Å²) in [6, 6.07) is 9.29. The van der Waals surface area contributed by atoms with E-state index in [0.717, 1.165) is 5.69 Å². The minimum Gasteiger partial charge on any atom is -0.197 e. The van der Waals surface area contributed by atoms with Crippen LogP contribution in [0.4, 0.5) is 0 Å². The Morgan fingerprint density at radius 2 is 2.12 bits per heavy atom. The first-order chi connectivity index (χ1) is 8.20. The Morgan fingerprint density at radius 3 is 2.76 bits per heavy atom. The third-order valence-corrected chi connectivity index (χ3v) is 3.15. The Kier molecular flexibility index (Phi) is 3.61. The van der Waals surface area contributed by atoms with Gasteiger partial charge in [0.1, 0.15) is 0 Å². The van der Waals surface area contributed by atoms with E-state index in [1.54, 1.807) is 23.7 Å². The molecule has 0 radical (unpaired) electrons. The van der Waals surface area contributed by atoms with Gasteiger partial charge < -0.3 is 0 Å². The van der Waals surface area contributed by atoms with E-state index in [1.807, 2.05) is 12.1 Å². The van der Waals surface area contributed by atoms with Crippen LogP contribution in [-0.4, -0.2) is 25.5 Å². The molecule has 0 fully saturated rings. The number of thioether (sulfide) groups is 1. The predicted octanol–water partition coefficient (Wildman–Crippen LogP) is 2.32. The van der Waals surface area contributed by atoms with Crippen molar-refractivity contribution in [2.24, 2.45) is 0 Å². The average molecular weight is 266 g/mol. The number of nitriles is 1. The summed E-state index contributed by atoms with van der Waals surface area (Å²) < 4.78 is 1.58. The van der Waals surface area contributed by atoms with Crippen LogP contribution >= 0.6 is 23.4 Å². The van der Waals surface area contributed by atoms with E-state index in [4.69, 9.17) is 16.9 Å². The molecule has 5 nitrogen and oxygen atoms in total. The van der Waals surface area contributed by atoms with Crippen molar-refractivity contribution in [2.75, 3.05) is 0 Å². The molecule has 0 saturated carbocycles. The molecule has 0 unspecified atom stereocenters. The van der Waals surface area contributed by atoms with Crippen molar-refractivity contribution in [2.45, 2.75) is 17.3 Å². The van der Waals surface area contributed by atoms with Crippen LogP contribution in [0.3, 0.4) is 0 Å². The molecule has 0 aliphatic rings. The Morgan fingerprint density at radius 1 is 1.41 bits per heavy atom. The van der Waals surface area contributed by atoms with Crippen molar-refractivity contribution < 1.29 is 0 Å². The van der Waals surface area contributed by atoms with Gasteiger partial charge in [-0.3, -0.25) is 0 Å². The lowest BCUT2D eigenvalue weighted by Crippen LogP contribution is -2.01. The van der Waals surface area contributed by atoms with Crippen LogP contribution < -0.4 is 0 Å². The fourth-order valence-electron chi connectivity index (χ4n) is 1.18. The topological polar surface area (TPSA) is 67.4 Å². The zero-order valence-electron chi connectivity index (χ0n) is 8.91. The summed E-state index contributed by atoms with van der Waals surface area (Å²) in [5.41, 5.74) is 0.812. The van der Waals surface area contributed by atoms with Gasteiger partial charge in [0.25, 0.3) is 0 Å². The van der Waals surface area contributed by atoms with Crippen molar-refractivity contribution in [3.8, 4) is 11.8 Å². The summed E-state index contributed by atoms with van der Waals surface area (Å²) in [5, 5.41) is 21.2. The number of nitrogens with zero attached hydrogens (tertiary/aromatic N) is 5. The molecule has 1 atom stereocenters. The molecule has 0 saturated heterocycles. The quantitative estimate of drug-likeness (QED) is 0.797. The van der Waals surface area contributed by atoms with Crippen LogP contribution in [0, 0.1) is 11.3 Å². The van der Waals surface area contributed by atoms with E-state index in [0.29, 0.717) is 10.2 Å². The van der Waals surface area contributed by atoms with Crippen LogP contribution in [0.25, 0.3) is 5.69 Å². The highest BCUT2D eigenvalue weighted by molar-refractivity contribution is 8.00. The van der Waals surface area contributed by atoms with Gasteiger partial charge in [-0.05, 0) is 41.6 Å². The lowest BCUT2D eigenvalue weighted by molar-refractivity contribution is 0.756. The van der Waals surface area contributed by atoms with Gasteiger partial charge in [0, 0.05) is 5.02 Å². The average Bonchev–Trinajstić information content (AvgIpc) is 2.78. The Balaban J connectivity index is 2.31. The van der Waals surface area contributed by atoms with Crippen LogP contribution in [-0.2, 0) is 0 Å². The molecule has 1 heterocycles. The van der Waals surface area contributed by atoms with E-state index < -0.39 is 0 Å². The molecular weight excluding hydrogens is 258 g/mol. The first-order valence-corrected chi connectivity index (χ1v) is 6.07. The van der Waals surface area contributed by atoms with Gasteiger partial charge in [-0.15, -0.1) is 5.10 Å². The monoisotopic (exact) mass is 265 g/mol. The van der Waals surface area contributed by atoms with Gasteiger partial charge in [-0.25, -0.2) is 0 Å². The zero-order chi connectivity index (χ0) is 12.3. The van der Waals surface area contributed by atoms with Gasteiger partial charge in [0.2, 0.25) is 5.16 Å². The van der Waals surface area contributed by atoms with Gasteiger partial charge in [0.05, 0.1) is 17.0 Å². The first kappa shape index (κ1) is 11.9. The fraction of sp³-hybridized carbons (Fsp3) is 0.200. The summed E-state index contributed by atoms with van der Waals surface area (Å²) in [5.74, 6) is 0. The maximum atomic E-state index is 8.77. The van der Waals surface area contributed by atoms with Crippen molar-refractivity contribution in [3.63, 3.8) is 0 Å². The SMILES string of the molecule is C[C@@H](C#N)Sc1nnnn1-c1ccc(Cl)cc1. The highest BCUT2D eigenvalue weighted by Gasteiger charge is 2.12. The highest BCUT2D eigenvalue weighted by atomic mass is 35.5. The first-order valence-electron chi connectivity index (χ1n) is 4.81. The van der Waals surface area contributed by atoms with Crippen LogP contribution in [0.1, 0.15) is 6.92 Å². The largest absolute Gasteiger partial charge is 0.215 e. The molecule has 1 aromatic heterocycles. The molecule has 1 aromatic carbocycles. The second-order valence-electron chi connectivity index (χ2n) is 3.24. The molecule has 2 aromatic rings. The van der Waals surface area contributed by atoms with Gasteiger partial charge in [-0.2, -0.15) is 9.94 Å². The summed E-state index contributed by atoms with van der Waals surface area (Å²) in [7, 11) is 0. The maximum absolute atomic E-state index is 8.77. The number of hydrogen-bond donors (Lipinski definition) is 0. The van der Waals surface area contributed by atoms with Crippen molar-refractivity contribution in [1.82, 2.24) is 20.2 Å². The number of halogens is 1. The molecule has 0 aliphatic carbocycles. The van der Waals surface area contributed by atoms with Crippen molar-refractivity contribution in [1.29, 1.82) is 5.26 Å². The number of hydrogen-bond acceptors (Lipinski definition) is 5. The van der Waals surface area contributed by atoms with E-state index >= 15 is 0 Å². The third-order valence-electron chi connectivity index (χ3n) is 1.98. The van der Waals surface area contributed by atoms with Crippen LogP contribution in [0.5, 0.6) is 0 Å². The summed E-state index contributed by atoms with van der Waals surface area (Å²) in [6.07, 6.45) is 0. The highest BCUT2D eigenvalue weighted by Crippen LogP contribution is 2.22. The van der Waals surface area contributed by atoms with Crippen molar-refractivity contribution >= 4 is 23.4 Å². The lowest BCUT2D eigenvalue weighted by atomic mass is 10.3. The lowest BCUT2D eigenvalue weighted by Gasteiger charge is -2.04. The second kappa shape index (κ2) is 5.17. The fourth-order valence-corrected chi connectivity index (χ4v) is 2.00. The molecule has 86 valence electrons. The Hall–Kier alpha value is -1.58. The van der Waals surface area contributed by atoms with Crippen LogP contribution in [0.15, 0.2) is 29.4 Å². The summed E-state index contributed by atoms with van der Waals surface area (Å²) in [4.78, 5) is 0. The predicted molar refractivity (Wildman–Crippen MR) is 65.1 cm³/mol. The minimum atomic E-state index is -0.202.